The monoisotopic (exact) mass is 294 g/mol. The van der Waals surface area contributed by atoms with Gasteiger partial charge >= 0.3 is 0 Å². The van der Waals surface area contributed by atoms with Gasteiger partial charge in [-0.15, -0.1) is 0 Å². The van der Waals surface area contributed by atoms with Crippen molar-refractivity contribution < 1.29 is 0 Å². The molecule has 12 unspecified atom stereocenters. The summed E-state index contributed by atoms with van der Waals surface area (Å²) in [6.07, 6.45) is 15.0. The fraction of sp³-hybridized carbons (Fsp3) is 0.909. The van der Waals surface area contributed by atoms with E-state index in [2.05, 4.69) is 19.1 Å². The van der Waals surface area contributed by atoms with Crippen molar-refractivity contribution in [3.8, 4) is 0 Å². The van der Waals surface area contributed by atoms with Crippen LogP contribution < -0.4 is 0 Å². The maximum atomic E-state index is 2.61. The molecular weight excluding hydrogens is 264 g/mol. The highest BCUT2D eigenvalue weighted by Gasteiger charge is 2.68. The van der Waals surface area contributed by atoms with Gasteiger partial charge in [0, 0.05) is 0 Å². The first-order chi connectivity index (χ1) is 10.8. The fourth-order valence-electron chi connectivity index (χ4n) is 10.3. The van der Waals surface area contributed by atoms with Crippen molar-refractivity contribution >= 4 is 0 Å². The SMILES string of the molecule is CC1CC2CC1C1C3CC(C4CC5C(CC43)C3C=C[C@@H]5C3)C21. The molecule has 0 N–H and O–H groups in total. The summed E-state index contributed by atoms with van der Waals surface area (Å²) in [7, 11) is 0. The molecule has 0 heteroatoms. The maximum Gasteiger partial charge on any atom is -0.0196 e. The van der Waals surface area contributed by atoms with Gasteiger partial charge in [-0.05, 0) is 115 Å². The van der Waals surface area contributed by atoms with Crippen LogP contribution in [0, 0.1) is 76.9 Å². The van der Waals surface area contributed by atoms with Gasteiger partial charge in [0.1, 0.15) is 0 Å². The zero-order valence-corrected chi connectivity index (χ0v) is 13.9. The smallest absolute Gasteiger partial charge is 0.0196 e. The van der Waals surface area contributed by atoms with Gasteiger partial charge in [-0.2, -0.15) is 0 Å². The lowest BCUT2D eigenvalue weighted by Crippen LogP contribution is -2.45. The lowest BCUT2D eigenvalue weighted by atomic mass is 9.54. The molecule has 118 valence electrons. The average Bonchev–Trinajstić information content (AvgIpc) is 3.31. The molecule has 0 aromatic carbocycles. The molecule has 7 aliphatic rings. The van der Waals surface area contributed by atoms with E-state index in [4.69, 9.17) is 0 Å². The zero-order chi connectivity index (χ0) is 14.2. The summed E-state index contributed by atoms with van der Waals surface area (Å²) in [6, 6.07) is 0. The lowest BCUT2D eigenvalue weighted by molar-refractivity contribution is -0.0174. The first kappa shape index (κ1) is 12.2. The van der Waals surface area contributed by atoms with Crippen LogP contribution in [0.2, 0.25) is 0 Å². The van der Waals surface area contributed by atoms with Gasteiger partial charge < -0.3 is 0 Å². The second kappa shape index (κ2) is 3.70. The summed E-state index contributed by atoms with van der Waals surface area (Å²) in [6.45, 7) is 2.59. The predicted molar refractivity (Wildman–Crippen MR) is 87.9 cm³/mol. The topological polar surface area (TPSA) is 0 Å². The van der Waals surface area contributed by atoms with E-state index in [1.807, 2.05) is 0 Å². The quantitative estimate of drug-likeness (QED) is 0.435. The Labute approximate surface area is 135 Å². The molecule has 0 saturated heterocycles. The molecule has 0 amide bonds. The Morgan fingerprint density at radius 2 is 1.18 bits per heavy atom. The van der Waals surface area contributed by atoms with Gasteiger partial charge in [-0.3, -0.25) is 0 Å². The van der Waals surface area contributed by atoms with Crippen LogP contribution >= 0.6 is 0 Å². The molecule has 0 heterocycles. The van der Waals surface area contributed by atoms with Crippen molar-refractivity contribution in [2.75, 3.05) is 0 Å². The highest BCUT2D eigenvalue weighted by atomic mass is 14.7. The third-order valence-electron chi connectivity index (χ3n) is 10.5. The van der Waals surface area contributed by atoms with E-state index in [0.717, 1.165) is 35.5 Å². The summed E-state index contributed by atoms with van der Waals surface area (Å²) >= 11 is 0. The van der Waals surface area contributed by atoms with Crippen molar-refractivity contribution in [3.05, 3.63) is 12.2 Å². The first-order valence-corrected chi connectivity index (χ1v) is 10.5. The summed E-state index contributed by atoms with van der Waals surface area (Å²) in [5, 5.41) is 0. The van der Waals surface area contributed by atoms with Crippen molar-refractivity contribution in [1.82, 2.24) is 0 Å². The van der Waals surface area contributed by atoms with Gasteiger partial charge in [0.2, 0.25) is 0 Å². The average molecular weight is 294 g/mol. The van der Waals surface area contributed by atoms with E-state index < -0.39 is 0 Å². The van der Waals surface area contributed by atoms with Crippen molar-refractivity contribution in [1.29, 1.82) is 0 Å². The lowest BCUT2D eigenvalue weighted by Gasteiger charge is -2.50. The van der Waals surface area contributed by atoms with Crippen LogP contribution in [0.1, 0.15) is 45.4 Å². The normalized spacial score (nSPS) is 72.0. The van der Waals surface area contributed by atoms with Crippen LogP contribution in [0.5, 0.6) is 0 Å². The van der Waals surface area contributed by atoms with Gasteiger partial charge in [-0.1, -0.05) is 19.1 Å². The molecular formula is C22H30. The Morgan fingerprint density at radius 1 is 0.545 bits per heavy atom. The minimum Gasteiger partial charge on any atom is -0.0848 e. The molecule has 0 aliphatic heterocycles. The second-order valence-corrected chi connectivity index (χ2v) is 10.7. The Morgan fingerprint density at radius 3 is 1.91 bits per heavy atom. The van der Waals surface area contributed by atoms with Crippen LogP contribution in [0.25, 0.3) is 0 Å². The Bertz CT molecular complexity index is 560. The molecule has 6 bridgehead atoms. The molecule has 13 atom stereocenters. The van der Waals surface area contributed by atoms with Gasteiger partial charge in [0.25, 0.3) is 0 Å². The maximum absolute atomic E-state index is 2.61. The van der Waals surface area contributed by atoms with Crippen LogP contribution in [0.4, 0.5) is 0 Å². The Balaban J connectivity index is 1.26. The second-order valence-electron chi connectivity index (χ2n) is 10.7. The predicted octanol–water partition coefficient (Wildman–Crippen LogP) is 5.01. The van der Waals surface area contributed by atoms with E-state index in [1.165, 1.54) is 41.4 Å². The van der Waals surface area contributed by atoms with E-state index in [9.17, 15) is 0 Å². The molecule has 6 fully saturated rings. The van der Waals surface area contributed by atoms with E-state index >= 15 is 0 Å². The molecule has 7 aliphatic carbocycles. The van der Waals surface area contributed by atoms with Gasteiger partial charge in [0.05, 0.1) is 0 Å². The van der Waals surface area contributed by atoms with Crippen LogP contribution in [-0.2, 0) is 0 Å². The third kappa shape index (κ3) is 1.18. The highest BCUT2D eigenvalue weighted by molar-refractivity contribution is 5.20. The summed E-state index contributed by atoms with van der Waals surface area (Å²) < 4.78 is 0. The van der Waals surface area contributed by atoms with Gasteiger partial charge in [0.15, 0.2) is 0 Å². The number of allylic oxidation sites excluding steroid dienone is 2. The van der Waals surface area contributed by atoms with E-state index in [-0.39, 0.29) is 0 Å². The molecule has 0 spiro atoms. The van der Waals surface area contributed by atoms with Crippen molar-refractivity contribution in [3.63, 3.8) is 0 Å². The molecule has 0 aromatic heterocycles. The van der Waals surface area contributed by atoms with Crippen molar-refractivity contribution in [2.45, 2.75) is 45.4 Å². The summed E-state index contributed by atoms with van der Waals surface area (Å²) in [5.74, 6) is 14.8. The summed E-state index contributed by atoms with van der Waals surface area (Å²) in [4.78, 5) is 0. The molecule has 7 rings (SSSR count). The van der Waals surface area contributed by atoms with Crippen LogP contribution in [0.15, 0.2) is 12.2 Å². The number of hydrogen-bond donors (Lipinski definition) is 0. The van der Waals surface area contributed by atoms with Crippen LogP contribution in [-0.4, -0.2) is 0 Å². The number of rotatable bonds is 0. The summed E-state index contributed by atoms with van der Waals surface area (Å²) in [5.41, 5.74) is 0. The zero-order valence-electron chi connectivity index (χ0n) is 13.9. The number of fused-ring (bicyclic) bond motifs is 17. The van der Waals surface area contributed by atoms with E-state index in [1.54, 1.807) is 38.5 Å². The third-order valence-corrected chi connectivity index (χ3v) is 10.5. The molecule has 22 heavy (non-hydrogen) atoms. The molecule has 0 nitrogen and oxygen atoms in total. The fourth-order valence-corrected chi connectivity index (χ4v) is 10.3. The standard InChI is InChI=1S/C22H30/c1-10-4-13-6-14(10)22-20-9-19(21(13)22)17-7-15-11-2-3-12(5-11)16(15)8-18(17)20/h2-3,10-22H,4-9H2,1H3/t10?,11-,12?,13?,14?,15?,16?,17?,18?,19?,20?,21?,22?/m1/s1. The minimum atomic E-state index is 1.00. The minimum absolute atomic E-state index is 1.00. The molecule has 6 saturated carbocycles. The van der Waals surface area contributed by atoms with Gasteiger partial charge in [-0.25, -0.2) is 0 Å². The Kier molecular flexibility index (Phi) is 2.04. The van der Waals surface area contributed by atoms with Crippen LogP contribution in [0.3, 0.4) is 0 Å². The van der Waals surface area contributed by atoms with E-state index in [0.29, 0.717) is 0 Å². The van der Waals surface area contributed by atoms with Crippen molar-refractivity contribution in [2.24, 2.45) is 76.9 Å². The highest BCUT2D eigenvalue weighted by Crippen LogP contribution is 2.75. The Hall–Kier alpha value is -0.260. The number of hydrogen-bond acceptors (Lipinski definition) is 0. The largest absolute Gasteiger partial charge is 0.0848 e. The molecule has 0 aromatic rings. The first-order valence-electron chi connectivity index (χ1n) is 10.5. The molecule has 0 radical (unpaired) electrons.